The molecule has 2 rings (SSSR count). The quantitative estimate of drug-likeness (QED) is 0.744. The molecule has 124 valence electrons. The lowest BCUT2D eigenvalue weighted by Crippen LogP contribution is -2.42. The van der Waals surface area contributed by atoms with Gasteiger partial charge in [-0.15, -0.1) is 0 Å². The molecule has 0 aliphatic carbocycles. The van der Waals surface area contributed by atoms with E-state index in [1.807, 2.05) is 44.2 Å². The van der Waals surface area contributed by atoms with Crippen LogP contribution < -0.4 is 10.6 Å². The number of nitrogens with zero attached hydrogens (tertiary/aromatic N) is 1. The molecule has 0 radical (unpaired) electrons. The van der Waals surface area contributed by atoms with Crippen LogP contribution in [0.25, 0.3) is 0 Å². The van der Waals surface area contributed by atoms with Crippen molar-refractivity contribution in [3.8, 4) is 0 Å². The number of benzene rings is 1. The highest BCUT2D eigenvalue weighted by molar-refractivity contribution is 6.06. The van der Waals surface area contributed by atoms with Gasteiger partial charge in [0.15, 0.2) is 0 Å². The zero-order valence-electron chi connectivity index (χ0n) is 13.5. The van der Waals surface area contributed by atoms with Gasteiger partial charge in [-0.2, -0.15) is 0 Å². The maximum atomic E-state index is 12.3. The third kappa shape index (κ3) is 4.81. The lowest BCUT2D eigenvalue weighted by Gasteiger charge is -2.14. The average molecular weight is 317 g/mol. The lowest BCUT2D eigenvalue weighted by atomic mass is 10.1. The molecule has 0 aromatic heterocycles. The fourth-order valence-electron chi connectivity index (χ4n) is 2.40. The molecule has 0 saturated carbocycles. The molecule has 1 heterocycles. The Bertz CT molecular complexity index is 572. The number of nitrogens with one attached hydrogen (secondary N) is 2. The highest BCUT2D eigenvalue weighted by atomic mass is 16.2. The van der Waals surface area contributed by atoms with Gasteiger partial charge < -0.3 is 10.6 Å². The van der Waals surface area contributed by atoms with Gasteiger partial charge in [-0.05, 0) is 24.3 Å². The highest BCUT2D eigenvalue weighted by Crippen LogP contribution is 2.12. The summed E-state index contributed by atoms with van der Waals surface area (Å²) in [6.07, 6.45) is 1.23. The van der Waals surface area contributed by atoms with E-state index in [0.29, 0.717) is 25.3 Å². The van der Waals surface area contributed by atoms with Gasteiger partial charge in [0.25, 0.3) is 5.91 Å². The third-order valence-corrected chi connectivity index (χ3v) is 3.68. The molecule has 0 bridgehead atoms. The molecule has 0 unspecified atom stereocenters. The summed E-state index contributed by atoms with van der Waals surface area (Å²) in [6.45, 7) is 4.26. The summed E-state index contributed by atoms with van der Waals surface area (Å²) >= 11 is 0. The van der Waals surface area contributed by atoms with Crippen LogP contribution in [0.15, 0.2) is 30.3 Å². The lowest BCUT2D eigenvalue weighted by molar-refractivity contribution is -0.132. The van der Waals surface area contributed by atoms with Gasteiger partial charge in [-0.25, -0.2) is 4.79 Å². The third-order valence-electron chi connectivity index (χ3n) is 3.68. The zero-order chi connectivity index (χ0) is 16.8. The van der Waals surface area contributed by atoms with Crippen molar-refractivity contribution >= 4 is 17.8 Å². The number of urea groups is 1. The predicted molar refractivity (Wildman–Crippen MR) is 86.6 cm³/mol. The summed E-state index contributed by atoms with van der Waals surface area (Å²) in [5.41, 5.74) is 1.11. The van der Waals surface area contributed by atoms with Crippen LogP contribution in [-0.2, 0) is 16.0 Å². The SMILES string of the molecule is CC(C)CNC(=O)CN1C(=O)N[C@H](CCc2ccccc2)C1=O. The molecular weight excluding hydrogens is 294 g/mol. The normalized spacial score (nSPS) is 17.5. The van der Waals surface area contributed by atoms with E-state index in [1.165, 1.54) is 0 Å². The van der Waals surface area contributed by atoms with Gasteiger partial charge in [0, 0.05) is 6.54 Å². The first-order valence-electron chi connectivity index (χ1n) is 7.90. The van der Waals surface area contributed by atoms with E-state index in [4.69, 9.17) is 0 Å². The van der Waals surface area contributed by atoms with Crippen molar-refractivity contribution < 1.29 is 14.4 Å². The van der Waals surface area contributed by atoms with Gasteiger partial charge in [-0.3, -0.25) is 14.5 Å². The topological polar surface area (TPSA) is 78.5 Å². The first kappa shape index (κ1) is 17.0. The Kier molecular flexibility index (Phi) is 5.73. The van der Waals surface area contributed by atoms with E-state index in [2.05, 4.69) is 10.6 Å². The number of amides is 4. The van der Waals surface area contributed by atoms with Gasteiger partial charge in [0.05, 0.1) is 0 Å². The van der Waals surface area contributed by atoms with Gasteiger partial charge in [0.1, 0.15) is 12.6 Å². The molecule has 4 amide bonds. The summed E-state index contributed by atoms with van der Waals surface area (Å²) in [4.78, 5) is 37.0. The standard InChI is InChI=1S/C17H23N3O3/c1-12(2)10-18-15(21)11-20-16(22)14(19-17(20)23)9-8-13-6-4-3-5-7-13/h3-7,12,14H,8-11H2,1-2H3,(H,18,21)(H,19,23)/t14-/m1/s1. The Morgan fingerprint density at radius 1 is 1.26 bits per heavy atom. The zero-order valence-corrected chi connectivity index (χ0v) is 13.5. The summed E-state index contributed by atoms with van der Waals surface area (Å²) in [5.74, 6) is -0.322. The Labute approximate surface area is 136 Å². The van der Waals surface area contributed by atoms with Crippen LogP contribution >= 0.6 is 0 Å². The number of rotatable bonds is 7. The van der Waals surface area contributed by atoms with Crippen LogP contribution in [0.5, 0.6) is 0 Å². The Morgan fingerprint density at radius 3 is 2.61 bits per heavy atom. The number of carbonyl (C=O) groups is 3. The van der Waals surface area contributed by atoms with Gasteiger partial charge in [-0.1, -0.05) is 44.2 Å². The molecule has 1 saturated heterocycles. The second-order valence-electron chi connectivity index (χ2n) is 6.15. The van der Waals surface area contributed by atoms with Crippen LogP contribution in [0.1, 0.15) is 25.8 Å². The van der Waals surface area contributed by atoms with Crippen molar-refractivity contribution in [2.75, 3.05) is 13.1 Å². The van der Waals surface area contributed by atoms with Crippen molar-refractivity contribution in [3.05, 3.63) is 35.9 Å². The van der Waals surface area contributed by atoms with E-state index < -0.39 is 12.1 Å². The van der Waals surface area contributed by atoms with Crippen molar-refractivity contribution in [3.63, 3.8) is 0 Å². The number of carbonyl (C=O) groups excluding carboxylic acids is 3. The number of aryl methyl sites for hydroxylation is 1. The van der Waals surface area contributed by atoms with Crippen LogP contribution in [-0.4, -0.2) is 41.9 Å². The maximum absolute atomic E-state index is 12.3. The maximum Gasteiger partial charge on any atom is 0.325 e. The van der Waals surface area contributed by atoms with Crippen molar-refractivity contribution in [2.24, 2.45) is 5.92 Å². The Hall–Kier alpha value is -2.37. The average Bonchev–Trinajstić information content (AvgIpc) is 2.79. The smallest absolute Gasteiger partial charge is 0.325 e. The number of hydrogen-bond donors (Lipinski definition) is 2. The molecule has 1 aromatic rings. The van der Waals surface area contributed by atoms with E-state index in [-0.39, 0.29) is 18.4 Å². The van der Waals surface area contributed by atoms with Crippen LogP contribution in [0.4, 0.5) is 4.79 Å². The second kappa shape index (κ2) is 7.76. The molecule has 23 heavy (non-hydrogen) atoms. The van der Waals surface area contributed by atoms with Gasteiger partial charge >= 0.3 is 6.03 Å². The summed E-state index contributed by atoms with van der Waals surface area (Å²) in [5, 5.41) is 5.36. The minimum Gasteiger partial charge on any atom is -0.354 e. The molecule has 6 heteroatoms. The monoisotopic (exact) mass is 317 g/mol. The molecule has 1 fully saturated rings. The molecule has 6 nitrogen and oxygen atoms in total. The Balaban J connectivity index is 1.85. The number of imide groups is 1. The van der Waals surface area contributed by atoms with Crippen molar-refractivity contribution in [1.29, 1.82) is 0 Å². The summed E-state index contributed by atoms with van der Waals surface area (Å²) in [7, 11) is 0. The molecule has 1 atom stereocenters. The van der Waals surface area contributed by atoms with E-state index >= 15 is 0 Å². The van der Waals surface area contributed by atoms with Crippen LogP contribution in [0.3, 0.4) is 0 Å². The van der Waals surface area contributed by atoms with Crippen LogP contribution in [0.2, 0.25) is 0 Å². The van der Waals surface area contributed by atoms with E-state index in [9.17, 15) is 14.4 Å². The highest BCUT2D eigenvalue weighted by Gasteiger charge is 2.38. The Morgan fingerprint density at radius 2 is 1.96 bits per heavy atom. The van der Waals surface area contributed by atoms with Gasteiger partial charge in [0.2, 0.25) is 5.91 Å². The largest absolute Gasteiger partial charge is 0.354 e. The van der Waals surface area contributed by atoms with Crippen LogP contribution in [0, 0.1) is 5.92 Å². The van der Waals surface area contributed by atoms with Crippen molar-refractivity contribution in [1.82, 2.24) is 15.5 Å². The first-order valence-corrected chi connectivity index (χ1v) is 7.90. The van der Waals surface area contributed by atoms with Crippen molar-refractivity contribution in [2.45, 2.75) is 32.7 Å². The molecule has 0 spiro atoms. The first-order chi connectivity index (χ1) is 11.0. The molecule has 1 aliphatic rings. The number of hydrogen-bond acceptors (Lipinski definition) is 3. The van der Waals surface area contributed by atoms with E-state index in [1.54, 1.807) is 0 Å². The summed E-state index contributed by atoms with van der Waals surface area (Å²) < 4.78 is 0. The molecular formula is C17H23N3O3. The fourth-order valence-corrected chi connectivity index (χ4v) is 2.40. The van der Waals surface area contributed by atoms with E-state index in [0.717, 1.165) is 10.5 Å². The minimum atomic E-state index is -0.555. The predicted octanol–water partition coefficient (Wildman–Crippen LogP) is 1.31. The second-order valence-corrected chi connectivity index (χ2v) is 6.15. The molecule has 1 aromatic carbocycles. The summed E-state index contributed by atoms with van der Waals surface area (Å²) in [6, 6.07) is 8.74. The molecule has 1 aliphatic heterocycles. The minimum absolute atomic E-state index is 0.223. The molecule has 2 N–H and O–H groups in total. The fraction of sp³-hybridized carbons (Fsp3) is 0.471.